The van der Waals surface area contributed by atoms with E-state index in [2.05, 4.69) is 57.8 Å². The monoisotopic (exact) mass is 524 g/mol. The summed E-state index contributed by atoms with van der Waals surface area (Å²) in [5.41, 5.74) is 1.80. The normalized spacial score (nSPS) is 35.0. The molecule has 0 bridgehead atoms. The Bertz CT molecular complexity index is 738. The third-order valence-corrected chi connectivity index (χ3v) is 8.14. The highest BCUT2D eigenvalue weighted by molar-refractivity contribution is 14.0. The van der Waals surface area contributed by atoms with Gasteiger partial charge in [0.2, 0.25) is 0 Å². The summed E-state index contributed by atoms with van der Waals surface area (Å²) < 4.78 is 6.07. The van der Waals surface area contributed by atoms with Gasteiger partial charge in [-0.25, -0.2) is 0 Å². The van der Waals surface area contributed by atoms with E-state index in [9.17, 15) is 0 Å². The zero-order valence-electron chi connectivity index (χ0n) is 18.3. The second-order valence-electron chi connectivity index (χ2n) is 9.70. The maximum Gasteiger partial charge on any atom is 0.191 e. The van der Waals surface area contributed by atoms with Crippen LogP contribution in [0.15, 0.2) is 35.3 Å². The van der Waals surface area contributed by atoms with Crippen molar-refractivity contribution in [1.29, 1.82) is 0 Å². The predicted molar refractivity (Wildman–Crippen MR) is 132 cm³/mol. The third-order valence-electron chi connectivity index (χ3n) is 8.14. The molecule has 1 aromatic carbocycles. The first kappa shape index (κ1) is 22.3. The minimum Gasteiger partial charge on any atom is -0.377 e. The molecule has 4 fully saturated rings. The maximum atomic E-state index is 6.07. The summed E-state index contributed by atoms with van der Waals surface area (Å²) >= 11 is 0. The van der Waals surface area contributed by atoms with E-state index in [1.807, 2.05) is 7.05 Å². The number of rotatable bonds is 4. The number of nitrogens with one attached hydrogen (secondary N) is 2. The second-order valence-corrected chi connectivity index (χ2v) is 9.70. The minimum atomic E-state index is 0. The molecule has 2 saturated heterocycles. The van der Waals surface area contributed by atoms with Crippen LogP contribution < -0.4 is 10.6 Å². The second kappa shape index (κ2) is 9.33. The summed E-state index contributed by atoms with van der Waals surface area (Å²) in [5, 5.41) is 7.58. The lowest BCUT2D eigenvalue weighted by atomic mass is 9.46. The maximum absolute atomic E-state index is 6.07. The van der Waals surface area contributed by atoms with Gasteiger partial charge in [-0.1, -0.05) is 36.8 Å². The topological polar surface area (TPSA) is 48.9 Å². The number of likely N-dealkylation sites (tertiary alicyclic amines) is 1. The van der Waals surface area contributed by atoms with Crippen molar-refractivity contribution in [3.05, 3.63) is 35.9 Å². The molecule has 5 nitrogen and oxygen atoms in total. The molecule has 1 spiro atoms. The molecule has 1 aromatic rings. The molecule has 5 rings (SSSR count). The molecule has 6 heteroatoms. The van der Waals surface area contributed by atoms with Gasteiger partial charge in [0.25, 0.3) is 0 Å². The smallest absolute Gasteiger partial charge is 0.191 e. The number of halogens is 1. The van der Waals surface area contributed by atoms with Crippen LogP contribution in [0.4, 0.5) is 0 Å². The molecule has 2 heterocycles. The largest absolute Gasteiger partial charge is 0.377 e. The van der Waals surface area contributed by atoms with Crippen molar-refractivity contribution in [3.8, 4) is 0 Å². The van der Waals surface area contributed by atoms with E-state index in [0.29, 0.717) is 35.6 Å². The van der Waals surface area contributed by atoms with E-state index in [0.717, 1.165) is 25.7 Å². The minimum absolute atomic E-state index is 0. The Morgan fingerprint density at radius 2 is 2.00 bits per heavy atom. The molecule has 2 aliphatic carbocycles. The van der Waals surface area contributed by atoms with Gasteiger partial charge in [0.05, 0.1) is 6.10 Å². The molecule has 166 valence electrons. The standard InChI is InChI=1S/C24H36N4O.HI/c1-17-15-19(9-13-28(17)16-18-7-4-3-5-8-18)26-23(25-2)27-21-20-10-14-29-22(20)24(21)11-6-12-24;/h3-5,7-8,17,19-22H,6,9-16H2,1-2H3,(H2,25,26,27);1H. The molecular weight excluding hydrogens is 487 g/mol. The van der Waals surface area contributed by atoms with Gasteiger partial charge in [-0.2, -0.15) is 0 Å². The summed E-state index contributed by atoms with van der Waals surface area (Å²) in [6.45, 7) is 5.49. The van der Waals surface area contributed by atoms with Crippen LogP contribution in [0.2, 0.25) is 0 Å². The Labute approximate surface area is 198 Å². The van der Waals surface area contributed by atoms with Crippen LogP contribution in [-0.4, -0.2) is 55.3 Å². The number of guanidine groups is 1. The van der Waals surface area contributed by atoms with Crippen molar-refractivity contribution in [2.24, 2.45) is 16.3 Å². The highest BCUT2D eigenvalue weighted by Crippen LogP contribution is 2.62. The first-order valence-electron chi connectivity index (χ1n) is 11.6. The molecule has 5 unspecified atom stereocenters. The van der Waals surface area contributed by atoms with Gasteiger partial charge < -0.3 is 15.4 Å². The van der Waals surface area contributed by atoms with Crippen molar-refractivity contribution < 1.29 is 4.74 Å². The Balaban J connectivity index is 0.00000218. The summed E-state index contributed by atoms with van der Waals surface area (Å²) in [6, 6.07) is 12.5. The number of nitrogens with zero attached hydrogens (tertiary/aromatic N) is 2. The lowest BCUT2D eigenvalue weighted by molar-refractivity contribution is -0.171. The van der Waals surface area contributed by atoms with Crippen molar-refractivity contribution >= 4 is 29.9 Å². The summed E-state index contributed by atoms with van der Waals surface area (Å²) in [5.74, 6) is 1.68. The summed E-state index contributed by atoms with van der Waals surface area (Å²) in [7, 11) is 1.91. The highest BCUT2D eigenvalue weighted by atomic mass is 127. The van der Waals surface area contributed by atoms with Gasteiger partial charge in [-0.15, -0.1) is 24.0 Å². The average Bonchev–Trinajstić information content (AvgIpc) is 3.12. The first-order valence-corrected chi connectivity index (χ1v) is 11.6. The Kier molecular flexibility index (Phi) is 6.95. The number of benzene rings is 1. The highest BCUT2D eigenvalue weighted by Gasteiger charge is 2.66. The van der Waals surface area contributed by atoms with E-state index >= 15 is 0 Å². The molecule has 0 aromatic heterocycles. The Morgan fingerprint density at radius 1 is 1.20 bits per heavy atom. The molecule has 30 heavy (non-hydrogen) atoms. The van der Waals surface area contributed by atoms with Crippen LogP contribution >= 0.6 is 24.0 Å². The first-order chi connectivity index (χ1) is 14.2. The quantitative estimate of drug-likeness (QED) is 0.358. The Morgan fingerprint density at radius 3 is 2.67 bits per heavy atom. The van der Waals surface area contributed by atoms with E-state index in [4.69, 9.17) is 4.74 Å². The van der Waals surface area contributed by atoms with Gasteiger partial charge >= 0.3 is 0 Å². The summed E-state index contributed by atoms with van der Waals surface area (Å²) in [4.78, 5) is 7.20. The molecule has 5 atom stereocenters. The molecule has 0 radical (unpaired) electrons. The van der Waals surface area contributed by atoms with Crippen LogP contribution in [0.1, 0.15) is 51.0 Å². The molecule has 4 aliphatic rings. The van der Waals surface area contributed by atoms with Gasteiger partial charge in [0.15, 0.2) is 5.96 Å². The number of piperidine rings is 1. The lowest BCUT2D eigenvalue weighted by Gasteiger charge is -2.63. The van der Waals surface area contributed by atoms with Crippen molar-refractivity contribution in [1.82, 2.24) is 15.5 Å². The van der Waals surface area contributed by atoms with Crippen LogP contribution in [0.3, 0.4) is 0 Å². The van der Waals surface area contributed by atoms with Gasteiger partial charge in [-0.3, -0.25) is 9.89 Å². The predicted octanol–water partition coefficient (Wildman–Crippen LogP) is 3.78. The SMILES string of the molecule is CN=C(NC1CCN(Cc2ccccc2)C(C)C1)NC1C2CCOC2C12CCC2.I. The third kappa shape index (κ3) is 3.99. The zero-order chi connectivity index (χ0) is 19.8. The van der Waals surface area contributed by atoms with Crippen LogP contribution in [0.25, 0.3) is 0 Å². The number of aliphatic imine (C=N–C) groups is 1. The van der Waals surface area contributed by atoms with E-state index in [1.165, 1.54) is 44.1 Å². The lowest BCUT2D eigenvalue weighted by Crippen LogP contribution is -2.72. The van der Waals surface area contributed by atoms with Crippen LogP contribution in [0.5, 0.6) is 0 Å². The Hall–Kier alpha value is -0.860. The average molecular weight is 524 g/mol. The van der Waals surface area contributed by atoms with Crippen molar-refractivity contribution in [2.45, 2.75) is 76.2 Å². The zero-order valence-corrected chi connectivity index (χ0v) is 20.7. The fraction of sp³-hybridized carbons (Fsp3) is 0.708. The molecular formula is C24H37IN4O. The molecule has 2 N–H and O–H groups in total. The van der Waals surface area contributed by atoms with Crippen molar-refractivity contribution in [2.75, 3.05) is 20.2 Å². The number of fused-ring (bicyclic) bond motifs is 2. The molecule has 0 amide bonds. The fourth-order valence-electron chi connectivity index (χ4n) is 6.37. The van der Waals surface area contributed by atoms with E-state index in [-0.39, 0.29) is 24.0 Å². The molecule has 2 aliphatic heterocycles. The fourth-order valence-corrected chi connectivity index (χ4v) is 6.37. The van der Waals surface area contributed by atoms with Crippen molar-refractivity contribution in [3.63, 3.8) is 0 Å². The van der Waals surface area contributed by atoms with E-state index in [1.54, 1.807) is 0 Å². The number of hydrogen-bond acceptors (Lipinski definition) is 3. The van der Waals surface area contributed by atoms with Crippen LogP contribution in [0, 0.1) is 11.3 Å². The van der Waals surface area contributed by atoms with Crippen LogP contribution in [-0.2, 0) is 11.3 Å². The van der Waals surface area contributed by atoms with E-state index < -0.39 is 0 Å². The van der Waals surface area contributed by atoms with Gasteiger partial charge in [-0.05, 0) is 44.6 Å². The summed E-state index contributed by atoms with van der Waals surface area (Å²) in [6.07, 6.45) is 8.04. The van der Waals surface area contributed by atoms with Gasteiger partial charge in [0.1, 0.15) is 0 Å². The number of ether oxygens (including phenoxy) is 1. The molecule has 2 saturated carbocycles. The van der Waals surface area contributed by atoms with Gasteiger partial charge in [0, 0.05) is 56.2 Å². The number of hydrogen-bond donors (Lipinski definition) is 2.